The molecule has 1 aliphatic rings. The number of anilines is 1. The van der Waals surface area contributed by atoms with Gasteiger partial charge in [-0.3, -0.25) is 4.98 Å². The summed E-state index contributed by atoms with van der Waals surface area (Å²) in [5.41, 5.74) is 6.88. The average molecular weight is 248 g/mol. The number of esters is 1. The van der Waals surface area contributed by atoms with Crippen LogP contribution in [0.25, 0.3) is 0 Å². The summed E-state index contributed by atoms with van der Waals surface area (Å²) < 4.78 is 5.49. The second-order valence-corrected chi connectivity index (χ2v) is 5.78. The van der Waals surface area contributed by atoms with Crippen molar-refractivity contribution in [2.75, 3.05) is 5.73 Å². The minimum Gasteiger partial charge on any atom is -0.459 e. The molecular weight excluding hydrogens is 228 g/mol. The van der Waals surface area contributed by atoms with Gasteiger partial charge < -0.3 is 10.5 Å². The van der Waals surface area contributed by atoms with Crippen LogP contribution in [0.1, 0.15) is 49.9 Å². The average Bonchev–Trinajstić information content (AvgIpc) is 2.32. The lowest BCUT2D eigenvalue weighted by atomic mass is 9.76. The van der Waals surface area contributed by atoms with Gasteiger partial charge >= 0.3 is 5.97 Å². The molecule has 1 heterocycles. The maximum Gasteiger partial charge on any atom is 0.340 e. The molecule has 0 unspecified atom stereocenters. The first-order valence-corrected chi connectivity index (χ1v) is 6.38. The molecule has 0 spiro atoms. The van der Waals surface area contributed by atoms with Gasteiger partial charge in [0.05, 0.1) is 11.3 Å². The van der Waals surface area contributed by atoms with Crippen LogP contribution in [0.5, 0.6) is 0 Å². The van der Waals surface area contributed by atoms with Gasteiger partial charge in [0, 0.05) is 12.4 Å². The Balaban J connectivity index is 1.93. The summed E-state index contributed by atoms with van der Waals surface area (Å²) in [4.78, 5) is 15.8. The van der Waals surface area contributed by atoms with Gasteiger partial charge in [0.1, 0.15) is 6.10 Å². The summed E-state index contributed by atoms with van der Waals surface area (Å²) in [6, 6.07) is 1.60. The van der Waals surface area contributed by atoms with Crippen LogP contribution in [0.15, 0.2) is 18.5 Å². The van der Waals surface area contributed by atoms with E-state index in [1.54, 1.807) is 6.07 Å². The summed E-state index contributed by atoms with van der Waals surface area (Å²) in [6.07, 6.45) is 7.11. The smallest absolute Gasteiger partial charge is 0.340 e. The maximum atomic E-state index is 11.9. The fraction of sp³-hybridized carbons (Fsp3) is 0.571. The van der Waals surface area contributed by atoms with Gasteiger partial charge in [0.15, 0.2) is 0 Å². The summed E-state index contributed by atoms with van der Waals surface area (Å²) in [6.45, 7) is 4.51. The molecule has 18 heavy (non-hydrogen) atoms. The highest BCUT2D eigenvalue weighted by molar-refractivity contribution is 5.90. The summed E-state index contributed by atoms with van der Waals surface area (Å²) >= 11 is 0. The molecule has 98 valence electrons. The molecule has 0 atom stereocenters. The molecule has 0 bridgehead atoms. The number of pyridine rings is 1. The summed E-state index contributed by atoms with van der Waals surface area (Å²) in [5.74, 6) is -0.320. The SMILES string of the molecule is CC1(C)CCC(OC(=O)c2cncc(N)c2)CC1. The van der Waals surface area contributed by atoms with Crippen LogP contribution in [0, 0.1) is 5.41 Å². The van der Waals surface area contributed by atoms with E-state index in [0.717, 1.165) is 25.7 Å². The molecule has 0 radical (unpaired) electrons. The number of hydrogen-bond donors (Lipinski definition) is 1. The lowest BCUT2D eigenvalue weighted by Gasteiger charge is -2.33. The van der Waals surface area contributed by atoms with Crippen LogP contribution in [0.2, 0.25) is 0 Å². The number of hydrogen-bond acceptors (Lipinski definition) is 4. The Morgan fingerprint density at radius 1 is 1.39 bits per heavy atom. The Kier molecular flexibility index (Phi) is 3.55. The van der Waals surface area contributed by atoms with Crippen LogP contribution >= 0.6 is 0 Å². The van der Waals surface area contributed by atoms with Gasteiger partial charge in [-0.25, -0.2) is 4.79 Å². The third-order valence-electron chi connectivity index (χ3n) is 3.55. The van der Waals surface area contributed by atoms with Crippen LogP contribution in [0.3, 0.4) is 0 Å². The van der Waals surface area contributed by atoms with Crippen LogP contribution in [0.4, 0.5) is 5.69 Å². The molecule has 0 aromatic carbocycles. The van der Waals surface area contributed by atoms with Gasteiger partial charge in [-0.15, -0.1) is 0 Å². The van der Waals surface area contributed by atoms with Gasteiger partial charge in [0.2, 0.25) is 0 Å². The molecular formula is C14H20N2O2. The van der Waals surface area contributed by atoms with Crippen molar-refractivity contribution >= 4 is 11.7 Å². The molecule has 1 aromatic heterocycles. The first-order valence-electron chi connectivity index (χ1n) is 6.38. The van der Waals surface area contributed by atoms with Gasteiger partial charge in [0.25, 0.3) is 0 Å². The number of carbonyl (C=O) groups is 1. The minimum atomic E-state index is -0.320. The Morgan fingerprint density at radius 2 is 2.06 bits per heavy atom. The Morgan fingerprint density at radius 3 is 2.67 bits per heavy atom. The predicted octanol–water partition coefficient (Wildman–Crippen LogP) is 2.79. The number of nitrogens with zero attached hydrogens (tertiary/aromatic N) is 1. The monoisotopic (exact) mass is 248 g/mol. The molecule has 1 fully saturated rings. The predicted molar refractivity (Wildman–Crippen MR) is 70.1 cm³/mol. The van der Waals surface area contributed by atoms with E-state index in [4.69, 9.17) is 10.5 Å². The van der Waals surface area contributed by atoms with E-state index < -0.39 is 0 Å². The van der Waals surface area contributed by atoms with Crippen LogP contribution in [-0.4, -0.2) is 17.1 Å². The molecule has 0 aliphatic heterocycles. The van der Waals surface area contributed by atoms with E-state index >= 15 is 0 Å². The Bertz CT molecular complexity index is 433. The van der Waals surface area contributed by atoms with E-state index in [-0.39, 0.29) is 12.1 Å². The number of ether oxygens (including phenoxy) is 1. The largest absolute Gasteiger partial charge is 0.459 e. The van der Waals surface area contributed by atoms with Crippen molar-refractivity contribution < 1.29 is 9.53 Å². The summed E-state index contributed by atoms with van der Waals surface area (Å²) in [5, 5.41) is 0. The van der Waals surface area contributed by atoms with Crippen molar-refractivity contribution in [1.82, 2.24) is 4.98 Å². The third-order valence-corrected chi connectivity index (χ3v) is 3.55. The first kappa shape index (κ1) is 12.9. The van der Waals surface area contributed by atoms with E-state index in [9.17, 15) is 4.79 Å². The molecule has 0 amide bonds. The summed E-state index contributed by atoms with van der Waals surface area (Å²) in [7, 11) is 0. The zero-order valence-electron chi connectivity index (χ0n) is 11.0. The van der Waals surface area contributed by atoms with E-state index in [0.29, 0.717) is 16.7 Å². The Labute approximate surface area is 108 Å². The zero-order chi connectivity index (χ0) is 13.2. The number of aromatic nitrogens is 1. The molecule has 4 heteroatoms. The highest BCUT2D eigenvalue weighted by atomic mass is 16.5. The van der Waals surface area contributed by atoms with E-state index in [2.05, 4.69) is 18.8 Å². The standard InChI is InChI=1S/C14H20N2O2/c1-14(2)5-3-12(4-6-14)18-13(17)10-7-11(15)9-16-8-10/h7-9,12H,3-6,15H2,1-2H3. The highest BCUT2D eigenvalue weighted by Crippen LogP contribution is 2.36. The fourth-order valence-electron chi connectivity index (χ4n) is 2.28. The van der Waals surface area contributed by atoms with E-state index in [1.807, 2.05) is 0 Å². The molecule has 0 saturated heterocycles. The normalized spacial score (nSPS) is 19.4. The lowest BCUT2D eigenvalue weighted by molar-refractivity contribution is 0.00948. The molecule has 1 aliphatic carbocycles. The van der Waals surface area contributed by atoms with Gasteiger partial charge in [-0.2, -0.15) is 0 Å². The zero-order valence-corrected chi connectivity index (χ0v) is 11.0. The fourth-order valence-corrected chi connectivity index (χ4v) is 2.28. The highest BCUT2D eigenvalue weighted by Gasteiger charge is 2.29. The molecule has 4 nitrogen and oxygen atoms in total. The quantitative estimate of drug-likeness (QED) is 0.817. The topological polar surface area (TPSA) is 65.2 Å². The van der Waals surface area contributed by atoms with Crippen LogP contribution < -0.4 is 5.73 Å². The van der Waals surface area contributed by atoms with Crippen molar-refractivity contribution in [2.45, 2.75) is 45.6 Å². The van der Waals surface area contributed by atoms with Crippen molar-refractivity contribution in [2.24, 2.45) is 5.41 Å². The van der Waals surface area contributed by atoms with Gasteiger partial charge in [-0.05, 0) is 37.2 Å². The minimum absolute atomic E-state index is 0.0342. The maximum absolute atomic E-state index is 11.9. The number of nitrogens with two attached hydrogens (primary N) is 1. The number of rotatable bonds is 2. The van der Waals surface area contributed by atoms with Crippen molar-refractivity contribution in [3.63, 3.8) is 0 Å². The Hall–Kier alpha value is -1.58. The number of nitrogen functional groups attached to an aromatic ring is 1. The molecule has 1 saturated carbocycles. The van der Waals surface area contributed by atoms with Crippen molar-refractivity contribution in [3.8, 4) is 0 Å². The van der Waals surface area contributed by atoms with E-state index in [1.165, 1.54) is 12.4 Å². The van der Waals surface area contributed by atoms with Gasteiger partial charge in [-0.1, -0.05) is 13.8 Å². The molecule has 2 rings (SSSR count). The first-order chi connectivity index (χ1) is 8.46. The second-order valence-electron chi connectivity index (χ2n) is 5.78. The molecule has 2 N–H and O–H groups in total. The third kappa shape index (κ3) is 3.22. The molecule has 1 aromatic rings. The van der Waals surface area contributed by atoms with Crippen molar-refractivity contribution in [3.05, 3.63) is 24.0 Å². The van der Waals surface area contributed by atoms with Crippen LogP contribution in [-0.2, 0) is 4.74 Å². The van der Waals surface area contributed by atoms with Crippen molar-refractivity contribution in [1.29, 1.82) is 0 Å². The second kappa shape index (κ2) is 4.96. The lowest BCUT2D eigenvalue weighted by Crippen LogP contribution is -2.28. The number of carbonyl (C=O) groups excluding carboxylic acids is 1.